The van der Waals surface area contributed by atoms with Crippen LogP contribution in [0.25, 0.3) is 0 Å². The summed E-state index contributed by atoms with van der Waals surface area (Å²) in [7, 11) is 0. The normalized spacial score (nSPS) is 18.8. The zero-order valence-electron chi connectivity index (χ0n) is 13.3. The predicted octanol–water partition coefficient (Wildman–Crippen LogP) is 0.263. The molecule has 1 N–H and O–H groups in total. The first kappa shape index (κ1) is 16.6. The lowest BCUT2D eigenvalue weighted by Gasteiger charge is -2.35. The van der Waals surface area contributed by atoms with Crippen LogP contribution in [0.5, 0.6) is 0 Å². The maximum atomic E-state index is 12.2. The van der Waals surface area contributed by atoms with Gasteiger partial charge in [0.25, 0.3) is 0 Å². The summed E-state index contributed by atoms with van der Waals surface area (Å²) < 4.78 is 0. The van der Waals surface area contributed by atoms with Crippen molar-refractivity contribution in [3.8, 4) is 0 Å². The second-order valence-electron chi connectivity index (χ2n) is 5.87. The maximum absolute atomic E-state index is 12.2. The van der Waals surface area contributed by atoms with Gasteiger partial charge in [-0.1, -0.05) is 13.3 Å². The van der Waals surface area contributed by atoms with Crippen molar-refractivity contribution in [2.24, 2.45) is 0 Å². The minimum absolute atomic E-state index is 0.0127. The van der Waals surface area contributed by atoms with Crippen molar-refractivity contribution >= 4 is 17.8 Å². The number of carbonyl (C=O) groups excluding carboxylic acids is 3. The standard InChI is InChI=1S/C15H26N4O3/c1-2-3-6-16-15(22)18-10-8-17(9-11-18)14(21)12-19-7-4-5-13(19)20/h2-12H2,1H3,(H,16,22). The van der Waals surface area contributed by atoms with Crippen LogP contribution in [0.1, 0.15) is 32.6 Å². The molecule has 2 fully saturated rings. The Morgan fingerprint density at radius 1 is 1.09 bits per heavy atom. The van der Waals surface area contributed by atoms with Crippen molar-refractivity contribution in [2.45, 2.75) is 32.6 Å². The molecule has 0 saturated carbocycles. The fourth-order valence-electron chi connectivity index (χ4n) is 2.78. The van der Waals surface area contributed by atoms with Crippen molar-refractivity contribution in [3.05, 3.63) is 0 Å². The predicted molar refractivity (Wildman–Crippen MR) is 82.3 cm³/mol. The van der Waals surface area contributed by atoms with Crippen LogP contribution >= 0.6 is 0 Å². The van der Waals surface area contributed by atoms with Gasteiger partial charge < -0.3 is 20.0 Å². The first-order chi connectivity index (χ1) is 10.6. The molecule has 0 spiro atoms. The van der Waals surface area contributed by atoms with Gasteiger partial charge in [0.05, 0.1) is 6.54 Å². The van der Waals surface area contributed by atoms with E-state index in [1.807, 2.05) is 0 Å². The van der Waals surface area contributed by atoms with Gasteiger partial charge in [-0.15, -0.1) is 0 Å². The molecule has 0 aromatic carbocycles. The Hall–Kier alpha value is -1.79. The number of hydrogen-bond donors (Lipinski definition) is 1. The van der Waals surface area contributed by atoms with Crippen LogP contribution in [0.2, 0.25) is 0 Å². The molecule has 0 atom stereocenters. The highest BCUT2D eigenvalue weighted by molar-refractivity contribution is 5.86. The Labute approximate surface area is 131 Å². The number of carbonyl (C=O) groups is 3. The molecule has 2 aliphatic heterocycles. The van der Waals surface area contributed by atoms with Gasteiger partial charge >= 0.3 is 6.03 Å². The van der Waals surface area contributed by atoms with Crippen molar-refractivity contribution in [3.63, 3.8) is 0 Å². The van der Waals surface area contributed by atoms with Crippen LogP contribution in [0, 0.1) is 0 Å². The average molecular weight is 310 g/mol. The summed E-state index contributed by atoms with van der Waals surface area (Å²) in [6.07, 6.45) is 3.43. The highest BCUT2D eigenvalue weighted by Crippen LogP contribution is 2.10. The number of likely N-dealkylation sites (tertiary alicyclic amines) is 1. The van der Waals surface area contributed by atoms with E-state index in [0.717, 1.165) is 19.3 Å². The zero-order chi connectivity index (χ0) is 15.9. The molecule has 22 heavy (non-hydrogen) atoms. The summed E-state index contributed by atoms with van der Waals surface area (Å²) in [6, 6.07) is -0.0460. The van der Waals surface area contributed by atoms with E-state index in [4.69, 9.17) is 0 Å². The van der Waals surface area contributed by atoms with Gasteiger partial charge in [-0.2, -0.15) is 0 Å². The molecule has 0 radical (unpaired) electrons. The summed E-state index contributed by atoms with van der Waals surface area (Å²) in [5, 5.41) is 2.89. The molecular formula is C15H26N4O3. The summed E-state index contributed by atoms with van der Waals surface area (Å²) >= 11 is 0. The summed E-state index contributed by atoms with van der Waals surface area (Å²) in [5.74, 6) is 0.0589. The monoisotopic (exact) mass is 310 g/mol. The first-order valence-electron chi connectivity index (χ1n) is 8.20. The lowest BCUT2D eigenvalue weighted by atomic mass is 10.3. The van der Waals surface area contributed by atoms with Crippen LogP contribution in [0.3, 0.4) is 0 Å². The third-order valence-corrected chi connectivity index (χ3v) is 4.22. The fourth-order valence-corrected chi connectivity index (χ4v) is 2.78. The Morgan fingerprint density at radius 3 is 2.36 bits per heavy atom. The molecular weight excluding hydrogens is 284 g/mol. The summed E-state index contributed by atoms with van der Waals surface area (Å²) in [4.78, 5) is 40.8. The molecule has 2 rings (SSSR count). The highest BCUT2D eigenvalue weighted by Gasteiger charge is 2.27. The van der Waals surface area contributed by atoms with E-state index in [0.29, 0.717) is 45.7 Å². The number of rotatable bonds is 5. The Balaban J connectivity index is 1.71. The molecule has 124 valence electrons. The SMILES string of the molecule is CCCCNC(=O)N1CCN(C(=O)CN2CCCC2=O)CC1. The molecule has 0 aromatic heterocycles. The van der Waals surface area contributed by atoms with Crippen molar-refractivity contribution in [1.82, 2.24) is 20.0 Å². The second-order valence-corrected chi connectivity index (χ2v) is 5.87. The topological polar surface area (TPSA) is 73.0 Å². The van der Waals surface area contributed by atoms with E-state index in [1.165, 1.54) is 0 Å². The van der Waals surface area contributed by atoms with Crippen LogP contribution in [-0.2, 0) is 9.59 Å². The molecule has 7 nitrogen and oxygen atoms in total. The van der Waals surface area contributed by atoms with E-state index in [1.54, 1.807) is 14.7 Å². The van der Waals surface area contributed by atoms with Gasteiger partial charge in [-0.3, -0.25) is 9.59 Å². The van der Waals surface area contributed by atoms with Crippen molar-refractivity contribution < 1.29 is 14.4 Å². The van der Waals surface area contributed by atoms with Crippen LogP contribution in [-0.4, -0.2) is 78.4 Å². The molecule has 2 aliphatic rings. The molecule has 4 amide bonds. The third kappa shape index (κ3) is 4.35. The van der Waals surface area contributed by atoms with Crippen LogP contribution in [0.4, 0.5) is 4.79 Å². The molecule has 2 heterocycles. The number of nitrogens with zero attached hydrogens (tertiary/aromatic N) is 3. The van der Waals surface area contributed by atoms with Gasteiger partial charge in [0.1, 0.15) is 0 Å². The number of unbranched alkanes of at least 4 members (excludes halogenated alkanes) is 1. The molecule has 0 aromatic rings. The highest BCUT2D eigenvalue weighted by atomic mass is 16.2. The number of piperazine rings is 1. The first-order valence-corrected chi connectivity index (χ1v) is 8.20. The zero-order valence-corrected chi connectivity index (χ0v) is 13.3. The van der Waals surface area contributed by atoms with Crippen LogP contribution < -0.4 is 5.32 Å². The Bertz CT molecular complexity index is 419. The van der Waals surface area contributed by atoms with E-state index < -0.39 is 0 Å². The lowest BCUT2D eigenvalue weighted by Crippen LogP contribution is -2.54. The lowest BCUT2D eigenvalue weighted by molar-refractivity contribution is -0.139. The van der Waals surface area contributed by atoms with E-state index in [-0.39, 0.29) is 24.4 Å². The largest absolute Gasteiger partial charge is 0.338 e. The van der Waals surface area contributed by atoms with Crippen LogP contribution in [0.15, 0.2) is 0 Å². The number of urea groups is 1. The van der Waals surface area contributed by atoms with E-state index >= 15 is 0 Å². The Kier molecular flexibility index (Phi) is 6.03. The van der Waals surface area contributed by atoms with Gasteiger partial charge in [-0.05, 0) is 12.8 Å². The summed E-state index contributed by atoms with van der Waals surface area (Å²) in [5.41, 5.74) is 0. The summed E-state index contributed by atoms with van der Waals surface area (Å²) in [6.45, 7) is 5.85. The Morgan fingerprint density at radius 2 is 1.77 bits per heavy atom. The second kappa shape index (κ2) is 8.00. The minimum Gasteiger partial charge on any atom is -0.338 e. The number of nitrogens with one attached hydrogen (secondary N) is 1. The van der Waals surface area contributed by atoms with Gasteiger partial charge in [-0.25, -0.2) is 4.79 Å². The van der Waals surface area contributed by atoms with E-state index in [9.17, 15) is 14.4 Å². The average Bonchev–Trinajstić information content (AvgIpc) is 2.92. The third-order valence-electron chi connectivity index (χ3n) is 4.22. The van der Waals surface area contributed by atoms with E-state index in [2.05, 4.69) is 12.2 Å². The van der Waals surface area contributed by atoms with Crippen molar-refractivity contribution in [2.75, 3.05) is 45.8 Å². The number of hydrogen-bond acceptors (Lipinski definition) is 3. The fraction of sp³-hybridized carbons (Fsp3) is 0.800. The van der Waals surface area contributed by atoms with Gasteiger partial charge in [0.15, 0.2) is 0 Å². The number of amides is 4. The molecule has 0 aliphatic carbocycles. The maximum Gasteiger partial charge on any atom is 0.317 e. The smallest absolute Gasteiger partial charge is 0.317 e. The van der Waals surface area contributed by atoms with Gasteiger partial charge in [0.2, 0.25) is 11.8 Å². The van der Waals surface area contributed by atoms with Crippen molar-refractivity contribution in [1.29, 1.82) is 0 Å². The quantitative estimate of drug-likeness (QED) is 0.741. The molecule has 0 unspecified atom stereocenters. The minimum atomic E-state index is -0.0460. The van der Waals surface area contributed by atoms with Gasteiger partial charge in [0, 0.05) is 45.7 Å². The molecule has 2 saturated heterocycles. The molecule has 0 bridgehead atoms. The molecule has 7 heteroatoms.